The minimum absolute atomic E-state index is 0.151. The number of carbonyl (C=O) groups excluding carboxylic acids is 1. The van der Waals surface area contributed by atoms with E-state index in [9.17, 15) is 4.79 Å². The summed E-state index contributed by atoms with van der Waals surface area (Å²) in [5.41, 5.74) is 1.92. The summed E-state index contributed by atoms with van der Waals surface area (Å²) in [6.07, 6.45) is 0.961. The van der Waals surface area contributed by atoms with E-state index < -0.39 is 0 Å². The maximum Gasteiger partial charge on any atom is 0.257 e. The van der Waals surface area contributed by atoms with Gasteiger partial charge in [0.25, 0.3) is 5.91 Å². The normalized spacial score (nSPS) is 18.6. The Hall–Kier alpha value is 0.820. The number of hydrogen-bond acceptors (Lipinski definition) is 3. The second-order valence-electron chi connectivity index (χ2n) is 3.28. The van der Waals surface area contributed by atoms with Crippen molar-refractivity contribution >= 4 is 56.0 Å². The molecule has 0 fully saturated rings. The minimum atomic E-state index is -0.338. The summed E-state index contributed by atoms with van der Waals surface area (Å²) in [6, 6.07) is 0. The first-order valence-electron chi connectivity index (χ1n) is 4.40. The van der Waals surface area contributed by atoms with Gasteiger partial charge in [0.15, 0.2) is 0 Å². The van der Waals surface area contributed by atoms with E-state index in [1.54, 1.807) is 4.90 Å². The summed E-state index contributed by atoms with van der Waals surface area (Å²) in [7, 11) is 7.85. The van der Waals surface area contributed by atoms with Crippen LogP contribution in [0.5, 0.6) is 0 Å². The van der Waals surface area contributed by atoms with Crippen molar-refractivity contribution in [3.63, 3.8) is 0 Å². The largest absolute Gasteiger partial charge is 0.341 e. The average molecular weight is 296 g/mol. The van der Waals surface area contributed by atoms with Crippen LogP contribution < -0.4 is 5.44 Å². The number of nitrogens with zero attached hydrogens (tertiary/aromatic N) is 2. The predicted molar refractivity (Wildman–Crippen MR) is 77.1 cm³/mol. The highest BCUT2D eigenvalue weighted by Gasteiger charge is 2.29. The lowest BCUT2D eigenvalue weighted by Gasteiger charge is -2.23. The maximum absolute atomic E-state index is 12.0. The fourth-order valence-corrected chi connectivity index (χ4v) is 6.36. The number of fused-ring (bicyclic) bond motifs is 1. The van der Waals surface area contributed by atoms with Gasteiger partial charge in [0, 0.05) is 24.9 Å². The molecule has 0 N–H and O–H groups in total. The molecule has 0 radical (unpaired) electrons. The van der Waals surface area contributed by atoms with Crippen LogP contribution in [0.25, 0.3) is 0 Å². The van der Waals surface area contributed by atoms with Crippen LogP contribution in [0.3, 0.4) is 0 Å². The number of aromatic nitrogens is 1. The summed E-state index contributed by atoms with van der Waals surface area (Å²) in [4.78, 5) is 15.0. The summed E-state index contributed by atoms with van der Waals surface area (Å²) in [6.45, 7) is 0.825. The van der Waals surface area contributed by atoms with Crippen molar-refractivity contribution in [1.82, 2.24) is 9.27 Å². The molecule has 1 aromatic rings. The van der Waals surface area contributed by atoms with Crippen LogP contribution in [0, 0.1) is 0 Å². The van der Waals surface area contributed by atoms with Crippen LogP contribution in [-0.4, -0.2) is 28.8 Å². The Morgan fingerprint density at radius 2 is 2.40 bits per heavy atom. The molecule has 4 atom stereocenters. The molecule has 2 rings (SSSR count). The molecule has 1 amide bonds. The fourth-order valence-electron chi connectivity index (χ4n) is 1.49. The first-order chi connectivity index (χ1) is 7.15. The highest BCUT2D eigenvalue weighted by atomic mass is 32.6. The van der Waals surface area contributed by atoms with Gasteiger partial charge in [-0.2, -0.15) is 4.37 Å². The van der Waals surface area contributed by atoms with Crippen LogP contribution in [0.4, 0.5) is 0 Å². The lowest BCUT2D eigenvalue weighted by atomic mass is 10.1. The van der Waals surface area contributed by atoms with E-state index in [0.717, 1.165) is 31.9 Å². The van der Waals surface area contributed by atoms with Crippen molar-refractivity contribution in [3.8, 4) is 0 Å². The quantitative estimate of drug-likeness (QED) is 0.783. The number of likely N-dealkylation sites (N-methyl/N-ethyl adjacent to an activating group) is 1. The monoisotopic (exact) mass is 296 g/mol. The summed E-state index contributed by atoms with van der Waals surface area (Å²) < 4.78 is 4.45. The van der Waals surface area contributed by atoms with Gasteiger partial charge in [-0.1, -0.05) is 7.96 Å². The van der Waals surface area contributed by atoms with Gasteiger partial charge in [-0.05, 0) is 18.8 Å². The van der Waals surface area contributed by atoms with Crippen molar-refractivity contribution in [2.45, 2.75) is 6.42 Å². The number of rotatable bonds is 2. The highest BCUT2D eigenvalue weighted by Crippen LogP contribution is 2.65. The van der Waals surface area contributed by atoms with Crippen molar-refractivity contribution < 1.29 is 4.79 Å². The molecule has 0 aromatic carbocycles. The molecule has 4 unspecified atom stereocenters. The zero-order valence-corrected chi connectivity index (χ0v) is 13.2. The van der Waals surface area contributed by atoms with Gasteiger partial charge in [0.05, 0.1) is 11.0 Å². The van der Waals surface area contributed by atoms with Crippen molar-refractivity contribution in [3.05, 3.63) is 10.4 Å². The van der Waals surface area contributed by atoms with Gasteiger partial charge in [0.2, 0.25) is 0 Å². The molecule has 82 valence electrons. The third kappa shape index (κ3) is 2.26. The van der Waals surface area contributed by atoms with Crippen LogP contribution in [0.2, 0.25) is 0 Å². The molecule has 8 heteroatoms. The van der Waals surface area contributed by atoms with Gasteiger partial charge in [-0.3, -0.25) is 4.79 Å². The van der Waals surface area contributed by atoms with E-state index in [-0.39, 0.29) is 13.2 Å². The summed E-state index contributed by atoms with van der Waals surface area (Å²) >= 11 is 1.50. The van der Waals surface area contributed by atoms with Gasteiger partial charge >= 0.3 is 0 Å². The molecule has 0 bridgehead atoms. The van der Waals surface area contributed by atoms with E-state index in [1.165, 1.54) is 16.4 Å². The summed E-state index contributed by atoms with van der Waals surface area (Å²) in [5, 5.41) is 0. The van der Waals surface area contributed by atoms with E-state index >= 15 is 0 Å². The SMILES string of the molecule is CN1CCc2snc(P(P)PP)c2C1=O. The van der Waals surface area contributed by atoms with Crippen LogP contribution >= 0.6 is 44.6 Å². The van der Waals surface area contributed by atoms with Crippen LogP contribution in [-0.2, 0) is 6.42 Å². The Balaban J connectivity index is 2.44. The number of amides is 1. The van der Waals surface area contributed by atoms with Crippen molar-refractivity contribution in [2.24, 2.45) is 0 Å². The van der Waals surface area contributed by atoms with Gasteiger partial charge in [0.1, 0.15) is 0 Å². The predicted octanol–water partition coefficient (Wildman–Crippen LogP) is 2.05. The molecule has 0 aliphatic carbocycles. The van der Waals surface area contributed by atoms with Crippen LogP contribution in [0.15, 0.2) is 0 Å². The molecule has 15 heavy (non-hydrogen) atoms. The Bertz CT molecular complexity index is 396. The average Bonchev–Trinajstić information content (AvgIpc) is 2.67. The Morgan fingerprint density at radius 3 is 3.07 bits per heavy atom. The molecule has 3 nitrogen and oxygen atoms in total. The standard InChI is InChI=1S/C7H12N2OP4S/c1-9-3-2-4-5(7(9)10)6(8-15-4)14(12)13-11/h13H,2-3,11-12H2,1H3. The molecule has 2 heterocycles. The molecule has 0 saturated heterocycles. The topological polar surface area (TPSA) is 33.2 Å². The number of carbonyl (C=O) groups is 1. The minimum Gasteiger partial charge on any atom is -0.341 e. The Kier molecular flexibility index (Phi) is 4.08. The molecule has 1 aromatic heterocycles. The van der Waals surface area contributed by atoms with Gasteiger partial charge in [-0.25, -0.2) is 0 Å². The second-order valence-corrected chi connectivity index (χ2v) is 13.2. The highest BCUT2D eigenvalue weighted by molar-refractivity contribution is 8.63. The van der Waals surface area contributed by atoms with Gasteiger partial charge in [-0.15, -0.1) is 17.9 Å². The van der Waals surface area contributed by atoms with Crippen molar-refractivity contribution in [1.29, 1.82) is 0 Å². The fraction of sp³-hybridized carbons (Fsp3) is 0.429. The van der Waals surface area contributed by atoms with Gasteiger partial charge < -0.3 is 4.90 Å². The second kappa shape index (κ2) is 4.99. The molecule has 1 aliphatic rings. The van der Waals surface area contributed by atoms with E-state index in [4.69, 9.17) is 0 Å². The third-order valence-electron chi connectivity index (χ3n) is 2.35. The Morgan fingerprint density at radius 1 is 1.67 bits per heavy atom. The molecule has 0 saturated carbocycles. The number of hydrogen-bond donors (Lipinski definition) is 0. The molecule has 0 spiro atoms. The molecular formula is C7H12N2OP4S. The smallest absolute Gasteiger partial charge is 0.257 e. The summed E-state index contributed by atoms with van der Waals surface area (Å²) in [5.74, 6) is 0.151. The van der Waals surface area contributed by atoms with E-state index in [0.29, 0.717) is 0 Å². The van der Waals surface area contributed by atoms with Crippen LogP contribution in [0.1, 0.15) is 15.2 Å². The maximum atomic E-state index is 12.0. The lowest BCUT2D eigenvalue weighted by Crippen LogP contribution is -2.35. The van der Waals surface area contributed by atoms with E-state index in [1.807, 2.05) is 7.05 Å². The molecule has 1 aliphatic heterocycles. The third-order valence-corrected chi connectivity index (χ3v) is 13.2. The molecular weight excluding hydrogens is 284 g/mol. The first-order valence-corrected chi connectivity index (χ1v) is 11.8. The zero-order valence-electron chi connectivity index (χ0n) is 8.23. The van der Waals surface area contributed by atoms with E-state index in [2.05, 4.69) is 22.2 Å². The first kappa shape index (κ1) is 12.3. The lowest BCUT2D eigenvalue weighted by molar-refractivity contribution is 0.0784. The zero-order chi connectivity index (χ0) is 11.0. The van der Waals surface area contributed by atoms with Crippen molar-refractivity contribution in [2.75, 3.05) is 13.6 Å². The Labute approximate surface area is 101 Å².